The van der Waals surface area contributed by atoms with E-state index < -0.39 is 11.7 Å². The summed E-state index contributed by atoms with van der Waals surface area (Å²) in [6, 6.07) is 11.0. The molecule has 0 radical (unpaired) electrons. The van der Waals surface area contributed by atoms with E-state index in [-0.39, 0.29) is 15.8 Å². The van der Waals surface area contributed by atoms with Crippen LogP contribution >= 0.6 is 23.8 Å². The molecule has 0 fully saturated rings. The van der Waals surface area contributed by atoms with Gasteiger partial charge in [-0.1, -0.05) is 23.7 Å². The van der Waals surface area contributed by atoms with Gasteiger partial charge in [-0.25, -0.2) is 4.39 Å². The van der Waals surface area contributed by atoms with Crippen molar-refractivity contribution in [2.75, 3.05) is 10.6 Å². The number of hydrogen-bond acceptors (Lipinski definition) is 2. The smallest absolute Gasteiger partial charge is 0.248 e. The lowest BCUT2D eigenvalue weighted by atomic mass is 10.2. The lowest BCUT2D eigenvalue weighted by Crippen LogP contribution is -2.20. The summed E-state index contributed by atoms with van der Waals surface area (Å²) < 4.78 is 13.7. The summed E-state index contributed by atoms with van der Waals surface area (Å²) in [7, 11) is 0. The fourth-order valence-corrected chi connectivity index (χ4v) is 2.04. The van der Waals surface area contributed by atoms with E-state index in [4.69, 9.17) is 29.6 Å². The molecule has 1 amide bonds. The van der Waals surface area contributed by atoms with E-state index in [0.717, 1.165) is 0 Å². The molecule has 0 spiro atoms. The molecule has 0 aliphatic heterocycles. The molecule has 0 heterocycles. The van der Waals surface area contributed by atoms with Crippen LogP contribution in [-0.4, -0.2) is 11.0 Å². The molecule has 0 saturated carbocycles. The number of nitrogens with two attached hydrogens (primary N) is 1. The van der Waals surface area contributed by atoms with Crippen molar-refractivity contribution in [2.45, 2.75) is 0 Å². The number of carbonyl (C=O) groups excluding carboxylic acids is 1. The van der Waals surface area contributed by atoms with Crippen molar-refractivity contribution in [1.82, 2.24) is 0 Å². The fourth-order valence-electron chi connectivity index (χ4n) is 1.64. The van der Waals surface area contributed by atoms with Crippen LogP contribution in [0.2, 0.25) is 5.02 Å². The molecule has 0 unspecified atom stereocenters. The van der Waals surface area contributed by atoms with Crippen molar-refractivity contribution in [3.8, 4) is 0 Å². The first-order valence-corrected chi connectivity index (χ1v) is 6.68. The van der Waals surface area contributed by atoms with E-state index in [1.54, 1.807) is 30.3 Å². The first-order valence-electron chi connectivity index (χ1n) is 5.89. The van der Waals surface area contributed by atoms with Crippen LogP contribution in [0.25, 0.3) is 0 Å². The van der Waals surface area contributed by atoms with Crippen LogP contribution in [0.5, 0.6) is 0 Å². The van der Waals surface area contributed by atoms with Gasteiger partial charge in [-0.05, 0) is 42.5 Å². The Morgan fingerprint density at radius 2 is 1.90 bits per heavy atom. The summed E-state index contributed by atoms with van der Waals surface area (Å²) in [5.41, 5.74) is 6.26. The highest BCUT2D eigenvalue weighted by molar-refractivity contribution is 7.80. The molecule has 2 aromatic rings. The number of carbonyl (C=O) groups is 1. The molecule has 0 aliphatic carbocycles. The van der Waals surface area contributed by atoms with Gasteiger partial charge < -0.3 is 16.4 Å². The van der Waals surface area contributed by atoms with E-state index in [0.29, 0.717) is 11.3 Å². The first kappa shape index (κ1) is 15.2. The molecule has 0 atom stereocenters. The number of amides is 1. The van der Waals surface area contributed by atoms with Crippen LogP contribution in [-0.2, 0) is 0 Å². The number of hydrogen-bond donors (Lipinski definition) is 3. The Labute approximate surface area is 131 Å². The van der Waals surface area contributed by atoms with Crippen LogP contribution < -0.4 is 16.4 Å². The Morgan fingerprint density at radius 1 is 1.19 bits per heavy atom. The molecule has 0 saturated heterocycles. The van der Waals surface area contributed by atoms with Gasteiger partial charge in [0.15, 0.2) is 10.9 Å². The number of nitrogens with one attached hydrogen (secondary N) is 2. The van der Waals surface area contributed by atoms with Gasteiger partial charge in [0, 0.05) is 11.3 Å². The Morgan fingerprint density at radius 3 is 2.62 bits per heavy atom. The molecule has 21 heavy (non-hydrogen) atoms. The standard InChI is InChI=1S/C14H11ClFN3OS/c15-10-5-2-6-11(12(10)16)19-14(21)18-9-4-1-3-8(7-9)13(17)20/h1-7H,(H2,17,20)(H2,18,19,21). The quantitative estimate of drug-likeness (QED) is 0.757. The Balaban J connectivity index is 2.10. The number of anilines is 2. The van der Waals surface area contributed by atoms with Crippen molar-refractivity contribution < 1.29 is 9.18 Å². The summed E-state index contributed by atoms with van der Waals surface area (Å²) in [5.74, 6) is -1.13. The summed E-state index contributed by atoms with van der Waals surface area (Å²) in [6.45, 7) is 0. The van der Waals surface area contributed by atoms with Gasteiger partial charge in [0.1, 0.15) is 0 Å². The van der Waals surface area contributed by atoms with Crippen LogP contribution in [0, 0.1) is 5.82 Å². The topological polar surface area (TPSA) is 67.2 Å². The van der Waals surface area contributed by atoms with Gasteiger partial charge in [-0.15, -0.1) is 0 Å². The lowest BCUT2D eigenvalue weighted by molar-refractivity contribution is 0.100. The van der Waals surface area contributed by atoms with Crippen LogP contribution in [0.1, 0.15) is 10.4 Å². The third-order valence-electron chi connectivity index (χ3n) is 2.60. The molecule has 4 N–H and O–H groups in total. The summed E-state index contributed by atoms with van der Waals surface area (Å²) in [5, 5.41) is 5.69. The number of primary amides is 1. The number of rotatable bonds is 3. The van der Waals surface area contributed by atoms with Gasteiger partial charge in [-0.2, -0.15) is 0 Å². The maximum atomic E-state index is 13.7. The highest BCUT2D eigenvalue weighted by atomic mass is 35.5. The van der Waals surface area contributed by atoms with Crippen molar-refractivity contribution in [1.29, 1.82) is 0 Å². The van der Waals surface area contributed by atoms with Crippen molar-refractivity contribution in [3.63, 3.8) is 0 Å². The van der Waals surface area contributed by atoms with Gasteiger partial charge in [0.25, 0.3) is 0 Å². The highest BCUT2D eigenvalue weighted by Crippen LogP contribution is 2.22. The fraction of sp³-hybridized carbons (Fsp3) is 0. The predicted octanol–water partition coefficient (Wildman–Crippen LogP) is 3.39. The minimum atomic E-state index is -0.589. The minimum Gasteiger partial charge on any atom is -0.366 e. The third kappa shape index (κ3) is 3.90. The molecule has 4 nitrogen and oxygen atoms in total. The average Bonchev–Trinajstić information content (AvgIpc) is 2.44. The molecule has 108 valence electrons. The molecule has 2 rings (SSSR count). The van der Waals surface area contributed by atoms with Gasteiger partial charge in [0.05, 0.1) is 10.7 Å². The number of benzene rings is 2. The van der Waals surface area contributed by atoms with E-state index in [1.165, 1.54) is 12.1 Å². The van der Waals surface area contributed by atoms with Crippen LogP contribution in [0.3, 0.4) is 0 Å². The van der Waals surface area contributed by atoms with Crippen LogP contribution in [0.15, 0.2) is 42.5 Å². The minimum absolute atomic E-state index is 0.00136. The van der Waals surface area contributed by atoms with Crippen LogP contribution in [0.4, 0.5) is 15.8 Å². The predicted molar refractivity (Wildman–Crippen MR) is 86.2 cm³/mol. The normalized spacial score (nSPS) is 10.0. The summed E-state index contributed by atoms with van der Waals surface area (Å²) >= 11 is 10.8. The molecular formula is C14H11ClFN3OS. The zero-order chi connectivity index (χ0) is 15.4. The maximum absolute atomic E-state index is 13.7. The zero-order valence-electron chi connectivity index (χ0n) is 10.7. The monoisotopic (exact) mass is 323 g/mol. The molecule has 0 aliphatic rings. The van der Waals surface area contributed by atoms with Gasteiger partial charge in [0.2, 0.25) is 5.91 Å². The molecule has 2 aromatic carbocycles. The Hall–Kier alpha value is -2.18. The first-order chi connectivity index (χ1) is 9.97. The van der Waals surface area contributed by atoms with Crippen molar-refractivity contribution >= 4 is 46.2 Å². The van der Waals surface area contributed by atoms with E-state index in [2.05, 4.69) is 10.6 Å². The second-order valence-corrected chi connectivity index (χ2v) is 4.94. The van der Waals surface area contributed by atoms with Crippen molar-refractivity contribution in [2.24, 2.45) is 5.73 Å². The highest BCUT2D eigenvalue weighted by Gasteiger charge is 2.08. The van der Waals surface area contributed by atoms with E-state index in [9.17, 15) is 9.18 Å². The second-order valence-electron chi connectivity index (χ2n) is 4.13. The zero-order valence-corrected chi connectivity index (χ0v) is 12.3. The Bertz CT molecular complexity index is 708. The van der Waals surface area contributed by atoms with E-state index >= 15 is 0 Å². The third-order valence-corrected chi connectivity index (χ3v) is 3.10. The van der Waals surface area contributed by atoms with E-state index in [1.807, 2.05) is 0 Å². The molecule has 7 heteroatoms. The second kappa shape index (κ2) is 6.51. The Kier molecular flexibility index (Phi) is 4.72. The largest absolute Gasteiger partial charge is 0.366 e. The van der Waals surface area contributed by atoms with Gasteiger partial charge >= 0.3 is 0 Å². The maximum Gasteiger partial charge on any atom is 0.248 e. The number of thiocarbonyl (C=S) groups is 1. The molecule has 0 bridgehead atoms. The SMILES string of the molecule is NC(=O)c1cccc(NC(=S)Nc2cccc(Cl)c2F)c1. The summed E-state index contributed by atoms with van der Waals surface area (Å²) in [6.07, 6.45) is 0. The lowest BCUT2D eigenvalue weighted by Gasteiger charge is -2.12. The van der Waals surface area contributed by atoms with Crippen molar-refractivity contribution in [3.05, 3.63) is 58.9 Å². The average molecular weight is 324 g/mol. The van der Waals surface area contributed by atoms with Gasteiger partial charge in [-0.3, -0.25) is 4.79 Å². The molecular weight excluding hydrogens is 313 g/mol. The number of halogens is 2. The molecule has 0 aromatic heterocycles. The summed E-state index contributed by atoms with van der Waals surface area (Å²) in [4.78, 5) is 11.1.